The van der Waals surface area contributed by atoms with Gasteiger partial charge in [0.25, 0.3) is 6.01 Å². The minimum atomic E-state index is -2.75. The molecule has 0 bridgehead atoms. The van der Waals surface area contributed by atoms with Gasteiger partial charge in [-0.3, -0.25) is 0 Å². The van der Waals surface area contributed by atoms with Gasteiger partial charge in [0.2, 0.25) is 0 Å². The van der Waals surface area contributed by atoms with Crippen molar-refractivity contribution in [1.82, 2.24) is 9.97 Å². The molecule has 0 radical (unpaired) electrons. The van der Waals surface area contributed by atoms with Gasteiger partial charge in [0.05, 0.1) is 16.1 Å². The average Bonchev–Trinajstić information content (AvgIpc) is 3.20. The number of H-pyrrole nitrogens is 1. The number of imidazole rings is 1. The molecule has 0 aliphatic carbocycles. The van der Waals surface area contributed by atoms with E-state index in [0.29, 0.717) is 16.3 Å². The predicted molar refractivity (Wildman–Crippen MR) is 129 cm³/mol. The summed E-state index contributed by atoms with van der Waals surface area (Å²) in [5.74, 6) is 0.628. The van der Waals surface area contributed by atoms with Crippen molar-refractivity contribution in [1.29, 1.82) is 0 Å². The second-order valence-electron chi connectivity index (χ2n) is 7.24. The minimum absolute atomic E-state index is 0.219. The second kappa shape index (κ2) is 9.04. The molecule has 1 aromatic heterocycles. The topological polar surface area (TPSA) is 84.4 Å². The number of rotatable bonds is 6. The zero-order chi connectivity index (χ0) is 22.8. The largest absolute Gasteiger partial charge is 0.747 e. The molecule has 4 aromatic carbocycles. The summed E-state index contributed by atoms with van der Waals surface area (Å²) in [6, 6.07) is 28.8. The highest BCUT2D eigenvalue weighted by Crippen LogP contribution is 2.34. The molecule has 1 atom stereocenters. The first-order valence-electron chi connectivity index (χ1n) is 10.0. The minimum Gasteiger partial charge on any atom is -0.425 e. The standard InChI is InChI=1S/C25H16ClN2O4P/c26-22-15-24-23(27-25(28-24)31-19-7-4-8-20(13-19)32-33(29)30)14-21(22)18-11-9-17(10-12-18)16-5-2-1-3-6-16/h1-15H,(H-,27,28,29,30)/p+1. The Hall–Kier alpha value is -3.70. The molecule has 33 heavy (non-hydrogen) atoms. The van der Waals surface area contributed by atoms with Crippen LogP contribution in [0.3, 0.4) is 0 Å². The molecule has 2 N–H and O–H groups in total. The number of nitrogens with one attached hydrogen (secondary N) is 1. The molecule has 0 amide bonds. The Morgan fingerprint density at radius 2 is 1.52 bits per heavy atom. The van der Waals surface area contributed by atoms with Crippen molar-refractivity contribution in [3.05, 3.63) is 96.0 Å². The first-order valence-corrected chi connectivity index (χ1v) is 11.5. The fourth-order valence-electron chi connectivity index (χ4n) is 3.55. The molecule has 0 saturated carbocycles. The average molecular weight is 476 g/mol. The molecule has 162 valence electrons. The molecule has 0 aliphatic heterocycles. The van der Waals surface area contributed by atoms with Crippen molar-refractivity contribution >= 4 is 30.9 Å². The number of ether oxygens (including phenoxy) is 1. The molecular formula is C25H17ClN2O4P+. The third-order valence-corrected chi connectivity index (χ3v) is 5.74. The van der Waals surface area contributed by atoms with Gasteiger partial charge in [-0.15, -0.1) is 4.89 Å². The van der Waals surface area contributed by atoms with E-state index >= 15 is 0 Å². The second-order valence-corrected chi connectivity index (χ2v) is 8.31. The highest BCUT2D eigenvalue weighted by molar-refractivity contribution is 7.32. The van der Waals surface area contributed by atoms with E-state index in [0.717, 1.165) is 27.8 Å². The SMILES string of the molecule is O=[P+](O)Oc1cccc(Oc2nc3cc(-c4ccc(-c5ccccc5)cc4)c(Cl)cc3[nH]2)c1. The van der Waals surface area contributed by atoms with E-state index in [2.05, 4.69) is 34.2 Å². The van der Waals surface area contributed by atoms with Crippen molar-refractivity contribution < 1.29 is 18.7 Å². The lowest BCUT2D eigenvalue weighted by atomic mass is 10.00. The summed E-state index contributed by atoms with van der Waals surface area (Å²) >= 11 is 6.58. The molecular weight excluding hydrogens is 459 g/mol. The van der Waals surface area contributed by atoms with E-state index in [-0.39, 0.29) is 11.8 Å². The number of hydrogen-bond acceptors (Lipinski definition) is 4. The van der Waals surface area contributed by atoms with E-state index in [4.69, 9.17) is 25.8 Å². The van der Waals surface area contributed by atoms with Gasteiger partial charge < -0.3 is 9.72 Å². The molecule has 8 heteroatoms. The summed E-state index contributed by atoms with van der Waals surface area (Å²) in [6.45, 7) is 0. The normalized spacial score (nSPS) is 11.4. The van der Waals surface area contributed by atoms with Crippen LogP contribution in [0.2, 0.25) is 5.02 Å². The maximum atomic E-state index is 10.9. The summed E-state index contributed by atoms with van der Waals surface area (Å²) < 4.78 is 21.5. The number of nitrogens with zero attached hydrogens (tertiary/aromatic N) is 1. The third kappa shape index (κ3) is 4.73. The van der Waals surface area contributed by atoms with Gasteiger partial charge in [-0.05, 0) is 41.0 Å². The van der Waals surface area contributed by atoms with E-state index in [1.807, 2.05) is 42.5 Å². The lowest BCUT2D eigenvalue weighted by molar-refractivity contribution is 0.407. The summed E-state index contributed by atoms with van der Waals surface area (Å²) in [5.41, 5.74) is 5.55. The molecule has 5 aromatic rings. The van der Waals surface area contributed by atoms with Crippen LogP contribution in [0.4, 0.5) is 0 Å². The zero-order valence-corrected chi connectivity index (χ0v) is 18.8. The number of aromatic nitrogens is 2. The Bertz CT molecular complexity index is 1450. The van der Waals surface area contributed by atoms with Crippen LogP contribution in [0, 0.1) is 0 Å². The van der Waals surface area contributed by atoms with Crippen molar-refractivity contribution in [2.45, 2.75) is 0 Å². The molecule has 0 aliphatic rings. The number of halogens is 1. The molecule has 0 saturated heterocycles. The van der Waals surface area contributed by atoms with Gasteiger partial charge >= 0.3 is 8.25 Å². The quantitative estimate of drug-likeness (QED) is 0.250. The lowest BCUT2D eigenvalue weighted by Crippen LogP contribution is -1.87. The van der Waals surface area contributed by atoms with Crippen LogP contribution in [0.5, 0.6) is 17.5 Å². The van der Waals surface area contributed by atoms with Gasteiger partial charge in [0.1, 0.15) is 5.75 Å². The maximum absolute atomic E-state index is 10.9. The Kier molecular flexibility index (Phi) is 5.80. The summed E-state index contributed by atoms with van der Waals surface area (Å²) in [7, 11) is -2.75. The van der Waals surface area contributed by atoms with Crippen LogP contribution in [-0.2, 0) is 4.57 Å². The molecule has 5 rings (SSSR count). The molecule has 0 spiro atoms. The van der Waals surface area contributed by atoms with Gasteiger partial charge in [-0.2, -0.15) is 4.98 Å². The van der Waals surface area contributed by atoms with Crippen molar-refractivity contribution in [2.75, 3.05) is 0 Å². The van der Waals surface area contributed by atoms with Crippen molar-refractivity contribution in [2.24, 2.45) is 0 Å². The van der Waals surface area contributed by atoms with Crippen LogP contribution >= 0.6 is 19.9 Å². The zero-order valence-electron chi connectivity index (χ0n) is 17.1. The fourth-order valence-corrected chi connectivity index (χ4v) is 4.11. The Balaban J connectivity index is 1.42. The van der Waals surface area contributed by atoms with E-state index in [1.165, 1.54) is 6.07 Å². The highest BCUT2D eigenvalue weighted by Gasteiger charge is 2.15. The molecule has 1 heterocycles. The van der Waals surface area contributed by atoms with Gasteiger partial charge in [-0.1, -0.05) is 72.3 Å². The van der Waals surface area contributed by atoms with Gasteiger partial charge in [0, 0.05) is 16.2 Å². The van der Waals surface area contributed by atoms with E-state index in [9.17, 15) is 4.57 Å². The number of benzene rings is 4. The van der Waals surface area contributed by atoms with Crippen LogP contribution in [-0.4, -0.2) is 14.9 Å². The number of aromatic amines is 1. The molecule has 6 nitrogen and oxygen atoms in total. The molecule has 1 unspecified atom stereocenters. The molecule has 0 fully saturated rings. The van der Waals surface area contributed by atoms with Gasteiger partial charge in [0.15, 0.2) is 5.75 Å². The summed E-state index contributed by atoms with van der Waals surface area (Å²) in [4.78, 5) is 16.5. The number of hydrogen-bond donors (Lipinski definition) is 2. The maximum Gasteiger partial charge on any atom is 0.747 e. The monoisotopic (exact) mass is 475 g/mol. The Morgan fingerprint density at radius 3 is 2.27 bits per heavy atom. The highest BCUT2D eigenvalue weighted by atomic mass is 35.5. The third-order valence-electron chi connectivity index (χ3n) is 5.06. The predicted octanol–water partition coefficient (Wildman–Crippen LogP) is 7.37. The summed E-state index contributed by atoms with van der Waals surface area (Å²) in [6.07, 6.45) is 0. The lowest BCUT2D eigenvalue weighted by Gasteiger charge is -2.07. The summed E-state index contributed by atoms with van der Waals surface area (Å²) in [5, 5.41) is 0.590. The van der Waals surface area contributed by atoms with Crippen LogP contribution in [0.1, 0.15) is 0 Å². The van der Waals surface area contributed by atoms with Crippen molar-refractivity contribution in [3.8, 4) is 39.8 Å². The van der Waals surface area contributed by atoms with Gasteiger partial charge in [-0.25, -0.2) is 4.52 Å². The van der Waals surface area contributed by atoms with Crippen LogP contribution < -0.4 is 9.26 Å². The van der Waals surface area contributed by atoms with Crippen LogP contribution in [0.15, 0.2) is 91.0 Å². The van der Waals surface area contributed by atoms with Crippen LogP contribution in [0.25, 0.3) is 33.3 Å². The Labute approximate surface area is 195 Å². The Morgan fingerprint density at radius 1 is 0.818 bits per heavy atom. The van der Waals surface area contributed by atoms with E-state index < -0.39 is 8.25 Å². The number of fused-ring (bicyclic) bond motifs is 1. The first-order chi connectivity index (χ1) is 16.0. The fraction of sp³-hybridized carbons (Fsp3) is 0. The first kappa shape index (κ1) is 21.2. The smallest absolute Gasteiger partial charge is 0.425 e. The van der Waals surface area contributed by atoms with E-state index in [1.54, 1.807) is 18.2 Å². The van der Waals surface area contributed by atoms with Crippen molar-refractivity contribution in [3.63, 3.8) is 0 Å².